The average Bonchev–Trinajstić information content (AvgIpc) is 2.25. The molecule has 0 radical (unpaired) electrons. The second-order valence-electron chi connectivity index (χ2n) is 4.98. The lowest BCUT2D eigenvalue weighted by Crippen LogP contribution is -2.42. The summed E-state index contributed by atoms with van der Waals surface area (Å²) in [6.45, 7) is 4.64. The summed E-state index contributed by atoms with van der Waals surface area (Å²) in [6.07, 6.45) is 6.16. The molecule has 4 unspecified atom stereocenters. The Morgan fingerprint density at radius 1 is 1.25 bits per heavy atom. The van der Waals surface area contributed by atoms with Crippen LogP contribution in [-0.2, 0) is 0 Å². The second-order valence-corrected chi connectivity index (χ2v) is 6.23. The van der Waals surface area contributed by atoms with Crippen LogP contribution in [0.4, 0.5) is 0 Å². The third kappa shape index (κ3) is 2.77. The summed E-state index contributed by atoms with van der Waals surface area (Å²) in [5.74, 6) is 1.48. The summed E-state index contributed by atoms with van der Waals surface area (Å²) >= 11 is 1.92. The Morgan fingerprint density at radius 3 is 2.56 bits per heavy atom. The van der Waals surface area contributed by atoms with E-state index in [1.807, 2.05) is 24.2 Å². The second kappa shape index (κ2) is 5.19. The minimum atomic E-state index is 0.330. The van der Waals surface area contributed by atoms with E-state index >= 15 is 0 Å². The van der Waals surface area contributed by atoms with Gasteiger partial charge < -0.3 is 5.73 Å². The molecular formula is C13H20N2S. The van der Waals surface area contributed by atoms with Crippen molar-refractivity contribution >= 4 is 11.8 Å². The van der Waals surface area contributed by atoms with Crippen LogP contribution in [0.15, 0.2) is 29.4 Å². The molecule has 1 fully saturated rings. The Bertz CT molecular complexity index is 316. The summed E-state index contributed by atoms with van der Waals surface area (Å²) in [6, 6.07) is 4.47. The molecule has 1 aromatic heterocycles. The maximum Gasteiger partial charge on any atom is 0.0278 e. The molecule has 0 aromatic carbocycles. The molecule has 0 aliphatic heterocycles. The highest BCUT2D eigenvalue weighted by Gasteiger charge is 2.32. The smallest absolute Gasteiger partial charge is 0.0278 e. The van der Waals surface area contributed by atoms with Crippen LogP contribution in [0.5, 0.6) is 0 Å². The first kappa shape index (κ1) is 11.9. The van der Waals surface area contributed by atoms with Crippen molar-refractivity contribution < 1.29 is 0 Å². The lowest BCUT2D eigenvalue weighted by atomic mass is 9.80. The van der Waals surface area contributed by atoms with Gasteiger partial charge in [0.05, 0.1) is 0 Å². The number of hydrogen-bond acceptors (Lipinski definition) is 3. The van der Waals surface area contributed by atoms with Gasteiger partial charge in [0.1, 0.15) is 0 Å². The molecule has 88 valence electrons. The normalized spacial score (nSPS) is 34.9. The van der Waals surface area contributed by atoms with Gasteiger partial charge in [0, 0.05) is 28.6 Å². The lowest BCUT2D eigenvalue weighted by Gasteiger charge is -2.37. The van der Waals surface area contributed by atoms with Crippen molar-refractivity contribution in [2.75, 3.05) is 0 Å². The summed E-state index contributed by atoms with van der Waals surface area (Å²) in [5, 5.41) is 0.554. The molecule has 3 heteroatoms. The van der Waals surface area contributed by atoms with E-state index in [4.69, 9.17) is 5.73 Å². The Hall–Kier alpha value is -0.540. The number of nitrogens with zero attached hydrogens (tertiary/aromatic N) is 1. The topological polar surface area (TPSA) is 38.9 Å². The fraction of sp³-hybridized carbons (Fsp3) is 0.615. The zero-order valence-electron chi connectivity index (χ0n) is 9.97. The quantitative estimate of drug-likeness (QED) is 0.858. The highest BCUT2D eigenvalue weighted by Crippen LogP contribution is 2.38. The first-order valence-corrected chi connectivity index (χ1v) is 6.87. The zero-order chi connectivity index (χ0) is 11.5. The van der Waals surface area contributed by atoms with Gasteiger partial charge in [-0.2, -0.15) is 0 Å². The molecular weight excluding hydrogens is 216 g/mol. The van der Waals surface area contributed by atoms with E-state index in [1.165, 1.54) is 11.3 Å². The largest absolute Gasteiger partial charge is 0.327 e. The molecule has 2 N–H and O–H groups in total. The first-order valence-electron chi connectivity index (χ1n) is 5.99. The Balaban J connectivity index is 2.03. The van der Waals surface area contributed by atoms with Gasteiger partial charge in [-0.3, -0.25) is 4.98 Å². The molecule has 1 aliphatic rings. The highest BCUT2D eigenvalue weighted by molar-refractivity contribution is 8.00. The molecule has 16 heavy (non-hydrogen) atoms. The molecule has 4 atom stereocenters. The van der Waals surface area contributed by atoms with Gasteiger partial charge in [0.15, 0.2) is 0 Å². The molecule has 1 heterocycles. The molecule has 1 saturated carbocycles. The van der Waals surface area contributed by atoms with Crippen molar-refractivity contribution in [2.24, 2.45) is 17.6 Å². The SMILES string of the molecule is CC1CC(C)C(Sc2ccncc2)C(N)C1. The van der Waals surface area contributed by atoms with E-state index in [0.29, 0.717) is 17.2 Å². The van der Waals surface area contributed by atoms with E-state index < -0.39 is 0 Å². The Kier molecular flexibility index (Phi) is 3.87. The maximum absolute atomic E-state index is 6.27. The minimum absolute atomic E-state index is 0.330. The van der Waals surface area contributed by atoms with E-state index in [0.717, 1.165) is 12.3 Å². The van der Waals surface area contributed by atoms with Gasteiger partial charge in [-0.25, -0.2) is 0 Å². The number of nitrogens with two attached hydrogens (primary N) is 1. The molecule has 1 aromatic rings. The number of pyridine rings is 1. The van der Waals surface area contributed by atoms with Crippen LogP contribution in [0.25, 0.3) is 0 Å². The fourth-order valence-corrected chi connectivity index (χ4v) is 3.89. The predicted octanol–water partition coefficient (Wildman–Crippen LogP) is 2.94. The van der Waals surface area contributed by atoms with Gasteiger partial charge in [-0.05, 0) is 36.8 Å². The number of hydrogen-bond donors (Lipinski definition) is 1. The van der Waals surface area contributed by atoms with Gasteiger partial charge in [0.25, 0.3) is 0 Å². The van der Waals surface area contributed by atoms with Crippen LogP contribution in [0.1, 0.15) is 26.7 Å². The Morgan fingerprint density at radius 2 is 1.94 bits per heavy atom. The van der Waals surface area contributed by atoms with Gasteiger partial charge >= 0.3 is 0 Å². The van der Waals surface area contributed by atoms with Crippen molar-refractivity contribution in [3.63, 3.8) is 0 Å². The van der Waals surface area contributed by atoms with Crippen molar-refractivity contribution in [1.29, 1.82) is 0 Å². The van der Waals surface area contributed by atoms with Crippen LogP contribution < -0.4 is 5.73 Å². The summed E-state index contributed by atoms with van der Waals surface area (Å²) in [4.78, 5) is 5.33. The zero-order valence-corrected chi connectivity index (χ0v) is 10.8. The molecule has 0 spiro atoms. The highest BCUT2D eigenvalue weighted by atomic mass is 32.2. The summed E-state index contributed by atoms with van der Waals surface area (Å²) in [5.41, 5.74) is 6.27. The van der Waals surface area contributed by atoms with Gasteiger partial charge in [-0.15, -0.1) is 11.8 Å². The Labute approximate surface area is 102 Å². The molecule has 2 rings (SSSR count). The molecule has 0 amide bonds. The van der Waals surface area contributed by atoms with Gasteiger partial charge in [0.2, 0.25) is 0 Å². The number of aromatic nitrogens is 1. The standard InChI is InChI=1S/C13H20N2S/c1-9-7-10(2)13(12(14)8-9)16-11-3-5-15-6-4-11/h3-6,9-10,12-13H,7-8,14H2,1-2H3. The lowest BCUT2D eigenvalue weighted by molar-refractivity contribution is 0.279. The fourth-order valence-electron chi connectivity index (χ4n) is 2.66. The average molecular weight is 236 g/mol. The predicted molar refractivity (Wildman–Crippen MR) is 69.4 cm³/mol. The van der Waals surface area contributed by atoms with Crippen molar-refractivity contribution in [3.05, 3.63) is 24.5 Å². The monoisotopic (exact) mass is 236 g/mol. The van der Waals surface area contributed by atoms with E-state index in [9.17, 15) is 0 Å². The minimum Gasteiger partial charge on any atom is -0.327 e. The van der Waals surface area contributed by atoms with E-state index in [2.05, 4.69) is 31.0 Å². The van der Waals surface area contributed by atoms with Crippen LogP contribution in [-0.4, -0.2) is 16.3 Å². The van der Waals surface area contributed by atoms with Crippen molar-refractivity contribution in [3.8, 4) is 0 Å². The van der Waals surface area contributed by atoms with Crippen LogP contribution >= 0.6 is 11.8 Å². The van der Waals surface area contributed by atoms with Crippen molar-refractivity contribution in [1.82, 2.24) is 4.98 Å². The molecule has 1 aliphatic carbocycles. The number of rotatable bonds is 2. The number of thioether (sulfide) groups is 1. The van der Waals surface area contributed by atoms with Crippen LogP contribution in [0.3, 0.4) is 0 Å². The summed E-state index contributed by atoms with van der Waals surface area (Å²) < 4.78 is 0. The molecule has 0 saturated heterocycles. The van der Waals surface area contributed by atoms with Crippen LogP contribution in [0.2, 0.25) is 0 Å². The van der Waals surface area contributed by atoms with Gasteiger partial charge in [-0.1, -0.05) is 13.8 Å². The van der Waals surface area contributed by atoms with Crippen LogP contribution in [0, 0.1) is 11.8 Å². The van der Waals surface area contributed by atoms with Crippen molar-refractivity contribution in [2.45, 2.75) is 42.9 Å². The maximum atomic E-state index is 6.27. The molecule has 2 nitrogen and oxygen atoms in total. The van der Waals surface area contributed by atoms with E-state index in [-0.39, 0.29) is 0 Å². The third-order valence-corrected chi connectivity index (χ3v) is 4.98. The summed E-state index contributed by atoms with van der Waals surface area (Å²) in [7, 11) is 0. The molecule has 0 bridgehead atoms. The first-order chi connectivity index (χ1) is 7.66. The van der Waals surface area contributed by atoms with E-state index in [1.54, 1.807) is 0 Å². The third-order valence-electron chi connectivity index (χ3n) is 3.35.